The fraction of sp³-hybridized carbons (Fsp3) is 0.414. The third-order valence-electron chi connectivity index (χ3n) is 8.03. The van der Waals surface area contributed by atoms with Gasteiger partial charge in [0.15, 0.2) is 0 Å². The van der Waals surface area contributed by atoms with Crippen molar-refractivity contribution in [3.8, 4) is 22.4 Å². The van der Waals surface area contributed by atoms with Crippen molar-refractivity contribution in [3.05, 3.63) is 77.0 Å². The van der Waals surface area contributed by atoms with Gasteiger partial charge in [-0.1, -0.05) is 70.2 Å². The number of rotatable bonds is 3. The highest BCUT2D eigenvalue weighted by Gasteiger charge is 2.42. The molecule has 0 N–H and O–H groups in total. The Hall–Kier alpha value is -2.41. The van der Waals surface area contributed by atoms with E-state index in [-0.39, 0.29) is 0 Å². The Morgan fingerprint density at radius 1 is 0.667 bits per heavy atom. The second kappa shape index (κ2) is 8.02. The fourth-order valence-electron chi connectivity index (χ4n) is 5.90. The van der Waals surface area contributed by atoms with Gasteiger partial charge in [0.2, 0.25) is 0 Å². The maximum Gasteiger partial charge on any atom is 0.0705 e. The van der Waals surface area contributed by atoms with E-state index in [4.69, 9.17) is 4.98 Å². The first-order valence-electron chi connectivity index (χ1n) is 11.4. The molecule has 1 aliphatic rings. The van der Waals surface area contributed by atoms with Gasteiger partial charge in [-0.15, -0.1) is 0 Å². The number of pyridine rings is 1. The van der Waals surface area contributed by atoms with Gasteiger partial charge in [-0.3, -0.25) is 4.98 Å². The summed E-state index contributed by atoms with van der Waals surface area (Å²) in [4.78, 5) is 4.81. The van der Waals surface area contributed by atoms with E-state index in [1.54, 1.807) is 0 Å². The quantitative estimate of drug-likeness (QED) is 0.436. The third kappa shape index (κ3) is 3.49. The molecule has 0 spiro atoms. The maximum absolute atomic E-state index is 4.81. The van der Waals surface area contributed by atoms with Crippen molar-refractivity contribution in [2.24, 2.45) is 23.7 Å². The van der Waals surface area contributed by atoms with Gasteiger partial charge in [0.05, 0.1) is 5.69 Å². The van der Waals surface area contributed by atoms with Crippen LogP contribution >= 0.6 is 0 Å². The lowest BCUT2D eigenvalue weighted by atomic mass is 9.80. The molecular weight excluding hydrogens is 362 g/mol. The van der Waals surface area contributed by atoms with Crippen LogP contribution in [0, 0.1) is 44.4 Å². The topological polar surface area (TPSA) is 12.9 Å². The summed E-state index contributed by atoms with van der Waals surface area (Å²) >= 11 is 0. The van der Waals surface area contributed by atoms with E-state index in [0.717, 1.165) is 29.4 Å². The Bertz CT molecular complexity index is 1010. The van der Waals surface area contributed by atoms with Gasteiger partial charge in [-0.05, 0) is 84.2 Å². The van der Waals surface area contributed by atoms with E-state index >= 15 is 0 Å². The third-order valence-corrected chi connectivity index (χ3v) is 8.03. The standard InChI is InChI=1S/C29H35N/c1-17-10-8-9-11-26(17)27-13-12-24(16-30-27)28-18(2)14-25(15-19(28)3)29-22(6)20(4)21(5)23(29)7/h8-16,20-23,29H,1-7H3/t20-,21?,22?,23+,29?/m1/s1. The highest BCUT2D eigenvalue weighted by molar-refractivity contribution is 5.73. The average Bonchev–Trinajstić information content (AvgIpc) is 2.91. The van der Waals surface area contributed by atoms with Crippen molar-refractivity contribution in [1.82, 2.24) is 4.98 Å². The van der Waals surface area contributed by atoms with E-state index in [2.05, 4.69) is 97.0 Å². The number of hydrogen-bond donors (Lipinski definition) is 0. The zero-order valence-corrected chi connectivity index (χ0v) is 19.5. The molecule has 1 nitrogen and oxygen atoms in total. The van der Waals surface area contributed by atoms with Crippen molar-refractivity contribution < 1.29 is 0 Å². The Labute approximate surface area is 182 Å². The van der Waals surface area contributed by atoms with E-state index in [1.807, 2.05) is 6.20 Å². The molecule has 0 radical (unpaired) electrons. The SMILES string of the molecule is Cc1ccccc1-c1ccc(-c2c(C)cc(C3C(C)[C@H](C)C(C)[C@@H]3C)cc2C)cn1. The van der Waals surface area contributed by atoms with Crippen LogP contribution in [0.5, 0.6) is 0 Å². The molecule has 0 bridgehead atoms. The van der Waals surface area contributed by atoms with Crippen LogP contribution in [0.3, 0.4) is 0 Å². The average molecular weight is 398 g/mol. The summed E-state index contributed by atoms with van der Waals surface area (Å²) in [7, 11) is 0. The van der Waals surface area contributed by atoms with Crippen LogP contribution in [0.15, 0.2) is 54.7 Å². The second-order valence-electron chi connectivity index (χ2n) is 9.74. The van der Waals surface area contributed by atoms with Crippen LogP contribution in [0.25, 0.3) is 22.4 Å². The zero-order valence-electron chi connectivity index (χ0n) is 19.5. The molecule has 156 valence electrons. The van der Waals surface area contributed by atoms with Gasteiger partial charge < -0.3 is 0 Å². The van der Waals surface area contributed by atoms with Gasteiger partial charge in [0.25, 0.3) is 0 Å². The Balaban J connectivity index is 1.69. The van der Waals surface area contributed by atoms with Crippen molar-refractivity contribution in [2.75, 3.05) is 0 Å². The number of benzene rings is 2. The van der Waals surface area contributed by atoms with E-state index in [1.165, 1.54) is 38.9 Å². The minimum absolute atomic E-state index is 0.656. The summed E-state index contributed by atoms with van der Waals surface area (Å²) < 4.78 is 0. The molecule has 1 heterocycles. The van der Waals surface area contributed by atoms with Crippen LogP contribution < -0.4 is 0 Å². The number of nitrogens with zero attached hydrogens (tertiary/aromatic N) is 1. The number of aryl methyl sites for hydroxylation is 3. The lowest BCUT2D eigenvalue weighted by Gasteiger charge is -2.24. The van der Waals surface area contributed by atoms with E-state index in [0.29, 0.717) is 5.92 Å². The lowest BCUT2D eigenvalue weighted by Crippen LogP contribution is -2.11. The lowest BCUT2D eigenvalue weighted by molar-refractivity contribution is 0.352. The molecule has 2 aromatic carbocycles. The molecule has 3 unspecified atom stereocenters. The summed E-state index contributed by atoms with van der Waals surface area (Å²) in [6, 6.07) is 17.7. The summed E-state index contributed by atoms with van der Waals surface area (Å²) in [5, 5.41) is 0. The van der Waals surface area contributed by atoms with Gasteiger partial charge in [0.1, 0.15) is 0 Å². The van der Waals surface area contributed by atoms with Crippen LogP contribution in [-0.4, -0.2) is 4.98 Å². The molecule has 1 aliphatic carbocycles. The van der Waals surface area contributed by atoms with Crippen molar-refractivity contribution in [3.63, 3.8) is 0 Å². The van der Waals surface area contributed by atoms with Crippen LogP contribution in [0.1, 0.15) is 55.9 Å². The first kappa shape index (κ1) is 20.8. The molecule has 1 fully saturated rings. The van der Waals surface area contributed by atoms with Crippen molar-refractivity contribution in [2.45, 2.75) is 54.4 Å². The van der Waals surface area contributed by atoms with Crippen molar-refractivity contribution in [1.29, 1.82) is 0 Å². The number of aromatic nitrogens is 1. The summed E-state index contributed by atoms with van der Waals surface area (Å²) in [5.41, 5.74) is 10.3. The molecule has 1 heteroatoms. The minimum atomic E-state index is 0.656. The molecule has 1 saturated carbocycles. The number of hydrogen-bond acceptors (Lipinski definition) is 1. The zero-order chi connectivity index (χ0) is 21.6. The van der Waals surface area contributed by atoms with Crippen LogP contribution in [0.2, 0.25) is 0 Å². The smallest absolute Gasteiger partial charge is 0.0705 e. The highest BCUT2D eigenvalue weighted by atomic mass is 14.7. The molecule has 3 aromatic rings. The van der Waals surface area contributed by atoms with E-state index < -0.39 is 0 Å². The molecule has 1 aromatic heterocycles. The van der Waals surface area contributed by atoms with Gasteiger partial charge >= 0.3 is 0 Å². The van der Waals surface area contributed by atoms with Gasteiger partial charge in [-0.25, -0.2) is 0 Å². The predicted molar refractivity (Wildman–Crippen MR) is 129 cm³/mol. The minimum Gasteiger partial charge on any atom is -0.256 e. The van der Waals surface area contributed by atoms with Crippen LogP contribution in [-0.2, 0) is 0 Å². The normalized spacial score (nSPS) is 26.2. The first-order valence-corrected chi connectivity index (χ1v) is 11.4. The van der Waals surface area contributed by atoms with Crippen LogP contribution in [0.4, 0.5) is 0 Å². The van der Waals surface area contributed by atoms with Gasteiger partial charge in [0, 0.05) is 17.3 Å². The maximum atomic E-state index is 4.81. The first-order chi connectivity index (χ1) is 14.3. The monoisotopic (exact) mass is 397 g/mol. The summed E-state index contributed by atoms with van der Waals surface area (Å²) in [5.74, 6) is 3.68. The second-order valence-corrected chi connectivity index (χ2v) is 9.74. The van der Waals surface area contributed by atoms with Gasteiger partial charge in [-0.2, -0.15) is 0 Å². The molecule has 4 rings (SSSR count). The Morgan fingerprint density at radius 2 is 1.27 bits per heavy atom. The predicted octanol–water partition coefficient (Wildman–Crippen LogP) is 7.98. The summed E-state index contributed by atoms with van der Waals surface area (Å²) in [6.07, 6.45) is 2.04. The Kier molecular flexibility index (Phi) is 5.57. The molecule has 0 aliphatic heterocycles. The molecule has 0 saturated heterocycles. The molecule has 5 atom stereocenters. The molecule has 30 heavy (non-hydrogen) atoms. The Morgan fingerprint density at radius 3 is 1.80 bits per heavy atom. The van der Waals surface area contributed by atoms with E-state index in [9.17, 15) is 0 Å². The fourth-order valence-corrected chi connectivity index (χ4v) is 5.90. The highest BCUT2D eigenvalue weighted by Crippen LogP contribution is 2.51. The van der Waals surface area contributed by atoms with Crippen molar-refractivity contribution >= 4 is 0 Å². The summed E-state index contributed by atoms with van der Waals surface area (Å²) in [6.45, 7) is 16.4. The largest absolute Gasteiger partial charge is 0.256 e. The molecule has 0 amide bonds. The molecular formula is C29H35N.